The zero-order valence-corrected chi connectivity index (χ0v) is 18.2. The average molecular weight is 416 g/mol. The van der Waals surface area contributed by atoms with Gasteiger partial charge in [0.2, 0.25) is 0 Å². The fraction of sp³-hybridized carbons (Fsp3) is 0.545. The van der Waals surface area contributed by atoms with Crippen LogP contribution in [0.3, 0.4) is 0 Å². The van der Waals surface area contributed by atoms with E-state index in [0.29, 0.717) is 18.0 Å². The van der Waals surface area contributed by atoms with Gasteiger partial charge < -0.3 is 4.90 Å². The van der Waals surface area contributed by atoms with Crippen molar-refractivity contribution < 1.29 is 13.2 Å². The highest BCUT2D eigenvalue weighted by Crippen LogP contribution is 2.31. The van der Waals surface area contributed by atoms with E-state index in [9.17, 15) is 13.2 Å². The molecule has 1 atom stereocenters. The van der Waals surface area contributed by atoms with Crippen LogP contribution in [-0.4, -0.2) is 53.6 Å². The molecule has 156 valence electrons. The van der Waals surface area contributed by atoms with Crippen LogP contribution in [0.15, 0.2) is 24.3 Å². The molecule has 1 aromatic carbocycles. The van der Waals surface area contributed by atoms with Gasteiger partial charge in [-0.2, -0.15) is 5.10 Å². The van der Waals surface area contributed by atoms with Crippen LogP contribution in [0, 0.1) is 19.8 Å². The molecule has 3 heterocycles. The Labute approximate surface area is 172 Å². The van der Waals surface area contributed by atoms with Gasteiger partial charge in [-0.25, -0.2) is 8.42 Å². The van der Waals surface area contributed by atoms with Crippen molar-refractivity contribution >= 4 is 15.7 Å². The van der Waals surface area contributed by atoms with Crippen molar-refractivity contribution in [3.05, 3.63) is 41.1 Å². The third kappa shape index (κ3) is 4.10. The Morgan fingerprint density at radius 1 is 1.07 bits per heavy atom. The quantitative estimate of drug-likeness (QED) is 0.770. The van der Waals surface area contributed by atoms with E-state index in [1.807, 2.05) is 17.0 Å². The molecular formula is C22H29N3O3S. The van der Waals surface area contributed by atoms with Gasteiger partial charge in [0.1, 0.15) is 0 Å². The number of hydrogen-bond donors (Lipinski definition) is 0. The standard InChI is InChI=1S/C22H29N3O3S/c1-15-6-9-24(10-7-15)22(26)20-13-21(18-5-4-16(2)17(3)12-18)25(23-20)19-8-11-29(27,28)14-19/h4-5,12-13,15,19H,6-11,14H2,1-3H3/t19-/m1/s1. The van der Waals surface area contributed by atoms with Crippen LogP contribution in [0.25, 0.3) is 11.3 Å². The summed E-state index contributed by atoms with van der Waals surface area (Å²) in [6.45, 7) is 7.84. The third-order valence-corrected chi connectivity index (χ3v) is 8.13. The molecule has 7 heteroatoms. The number of likely N-dealkylation sites (tertiary alicyclic amines) is 1. The molecule has 1 amide bonds. The smallest absolute Gasteiger partial charge is 0.274 e. The summed E-state index contributed by atoms with van der Waals surface area (Å²) in [4.78, 5) is 15.0. The highest BCUT2D eigenvalue weighted by atomic mass is 32.2. The van der Waals surface area contributed by atoms with Gasteiger partial charge >= 0.3 is 0 Å². The number of sulfone groups is 1. The first-order valence-electron chi connectivity index (χ1n) is 10.4. The SMILES string of the molecule is Cc1ccc(-c2cc(C(=O)N3CCC(C)CC3)nn2[C@@H]2CCS(=O)(=O)C2)cc1C. The second-order valence-electron chi connectivity index (χ2n) is 8.69. The van der Waals surface area contributed by atoms with E-state index in [0.717, 1.165) is 42.8 Å². The number of piperidine rings is 1. The molecule has 0 N–H and O–H groups in total. The predicted molar refractivity (Wildman–Crippen MR) is 114 cm³/mol. The minimum absolute atomic E-state index is 0.0541. The summed E-state index contributed by atoms with van der Waals surface area (Å²) in [5, 5.41) is 4.64. The van der Waals surface area contributed by atoms with E-state index in [-0.39, 0.29) is 23.5 Å². The number of rotatable bonds is 3. The minimum atomic E-state index is -3.05. The van der Waals surface area contributed by atoms with Crippen LogP contribution in [0.5, 0.6) is 0 Å². The van der Waals surface area contributed by atoms with Crippen LogP contribution in [0.4, 0.5) is 0 Å². The predicted octanol–water partition coefficient (Wildman–Crippen LogP) is 3.40. The summed E-state index contributed by atoms with van der Waals surface area (Å²) in [5.41, 5.74) is 4.56. The fourth-order valence-corrected chi connectivity index (χ4v) is 5.93. The molecular weight excluding hydrogens is 386 g/mol. The molecule has 0 aliphatic carbocycles. The number of carbonyl (C=O) groups is 1. The van der Waals surface area contributed by atoms with Crippen molar-refractivity contribution in [3.63, 3.8) is 0 Å². The van der Waals surface area contributed by atoms with E-state index < -0.39 is 9.84 Å². The zero-order valence-electron chi connectivity index (χ0n) is 17.4. The van der Waals surface area contributed by atoms with Gasteiger partial charge in [-0.15, -0.1) is 0 Å². The molecule has 1 aromatic heterocycles. The topological polar surface area (TPSA) is 72.3 Å². The molecule has 4 rings (SSSR count). The first-order valence-corrected chi connectivity index (χ1v) is 12.2. The molecule has 0 unspecified atom stereocenters. The second kappa shape index (κ2) is 7.59. The lowest BCUT2D eigenvalue weighted by atomic mass is 9.99. The Hall–Kier alpha value is -2.15. The molecule has 0 saturated carbocycles. The van der Waals surface area contributed by atoms with E-state index in [2.05, 4.69) is 38.0 Å². The Balaban J connectivity index is 1.72. The lowest BCUT2D eigenvalue weighted by Crippen LogP contribution is -2.38. The van der Waals surface area contributed by atoms with Crippen molar-refractivity contribution in [2.45, 2.75) is 46.1 Å². The average Bonchev–Trinajstić information content (AvgIpc) is 3.27. The third-order valence-electron chi connectivity index (χ3n) is 6.38. The molecule has 2 saturated heterocycles. The van der Waals surface area contributed by atoms with Gasteiger partial charge in [0, 0.05) is 18.7 Å². The number of benzene rings is 1. The highest BCUT2D eigenvalue weighted by molar-refractivity contribution is 7.91. The van der Waals surface area contributed by atoms with Gasteiger partial charge in [-0.1, -0.05) is 19.1 Å². The van der Waals surface area contributed by atoms with Gasteiger partial charge in [0.15, 0.2) is 15.5 Å². The number of amides is 1. The number of hydrogen-bond acceptors (Lipinski definition) is 4. The van der Waals surface area contributed by atoms with E-state index in [1.54, 1.807) is 4.68 Å². The maximum Gasteiger partial charge on any atom is 0.274 e. The van der Waals surface area contributed by atoms with Crippen LogP contribution in [-0.2, 0) is 9.84 Å². The van der Waals surface area contributed by atoms with Crippen molar-refractivity contribution in [2.24, 2.45) is 5.92 Å². The Morgan fingerprint density at radius 3 is 2.41 bits per heavy atom. The monoisotopic (exact) mass is 415 g/mol. The first-order chi connectivity index (χ1) is 13.7. The Kier molecular flexibility index (Phi) is 5.27. The summed E-state index contributed by atoms with van der Waals surface area (Å²) >= 11 is 0. The maximum atomic E-state index is 13.1. The van der Waals surface area contributed by atoms with Crippen molar-refractivity contribution in [3.8, 4) is 11.3 Å². The zero-order chi connectivity index (χ0) is 20.8. The number of nitrogens with zero attached hydrogens (tertiary/aromatic N) is 3. The van der Waals surface area contributed by atoms with Gasteiger partial charge in [-0.3, -0.25) is 9.48 Å². The van der Waals surface area contributed by atoms with E-state index in [1.165, 1.54) is 5.56 Å². The van der Waals surface area contributed by atoms with Crippen LogP contribution < -0.4 is 0 Å². The van der Waals surface area contributed by atoms with Crippen molar-refractivity contribution in [1.29, 1.82) is 0 Å². The van der Waals surface area contributed by atoms with E-state index in [4.69, 9.17) is 0 Å². The second-order valence-corrected chi connectivity index (χ2v) is 10.9. The Morgan fingerprint density at radius 2 is 1.79 bits per heavy atom. The highest BCUT2D eigenvalue weighted by Gasteiger charge is 2.33. The van der Waals surface area contributed by atoms with E-state index >= 15 is 0 Å². The normalized spacial score (nSPS) is 22.2. The fourth-order valence-electron chi connectivity index (χ4n) is 4.24. The number of carbonyl (C=O) groups excluding carboxylic acids is 1. The summed E-state index contributed by atoms with van der Waals surface area (Å²) in [5.74, 6) is 0.853. The first kappa shape index (κ1) is 20.1. The van der Waals surface area contributed by atoms with Gasteiger partial charge in [-0.05, 0) is 62.3 Å². The van der Waals surface area contributed by atoms with Crippen LogP contribution >= 0.6 is 0 Å². The summed E-state index contributed by atoms with van der Waals surface area (Å²) in [6.07, 6.45) is 2.56. The van der Waals surface area contributed by atoms with Crippen LogP contribution in [0.1, 0.15) is 53.8 Å². The molecule has 0 radical (unpaired) electrons. The molecule has 2 aliphatic rings. The minimum Gasteiger partial charge on any atom is -0.337 e. The lowest BCUT2D eigenvalue weighted by molar-refractivity contribution is 0.0690. The molecule has 6 nitrogen and oxygen atoms in total. The largest absolute Gasteiger partial charge is 0.337 e. The summed E-state index contributed by atoms with van der Waals surface area (Å²) in [7, 11) is -3.05. The molecule has 2 aliphatic heterocycles. The lowest BCUT2D eigenvalue weighted by Gasteiger charge is -2.29. The Bertz CT molecular complexity index is 1030. The molecule has 0 bridgehead atoms. The van der Waals surface area contributed by atoms with Gasteiger partial charge in [0.05, 0.1) is 23.2 Å². The maximum absolute atomic E-state index is 13.1. The molecule has 2 fully saturated rings. The number of aryl methyl sites for hydroxylation is 2. The molecule has 29 heavy (non-hydrogen) atoms. The van der Waals surface area contributed by atoms with Crippen LogP contribution in [0.2, 0.25) is 0 Å². The summed E-state index contributed by atoms with van der Waals surface area (Å²) < 4.78 is 25.9. The molecule has 0 spiro atoms. The van der Waals surface area contributed by atoms with Gasteiger partial charge in [0.25, 0.3) is 5.91 Å². The van der Waals surface area contributed by atoms with Crippen molar-refractivity contribution in [1.82, 2.24) is 14.7 Å². The number of aromatic nitrogens is 2. The summed E-state index contributed by atoms with van der Waals surface area (Å²) in [6, 6.07) is 7.79. The molecule has 2 aromatic rings. The van der Waals surface area contributed by atoms with Crippen molar-refractivity contribution in [2.75, 3.05) is 24.6 Å².